The molecule has 0 unspecified atom stereocenters. The first-order chi connectivity index (χ1) is 15.7. The van der Waals surface area contributed by atoms with Crippen LogP contribution in [0.15, 0.2) is 52.1 Å². The average Bonchev–Trinajstić information content (AvgIpc) is 3.55. The van der Waals surface area contributed by atoms with Gasteiger partial charge in [0, 0.05) is 17.0 Å². The first kappa shape index (κ1) is 20.6. The minimum Gasteiger partial charge on any atom is -0.493 e. The molecule has 0 fully saturated rings. The normalized spacial score (nSPS) is 12.7. The van der Waals surface area contributed by atoms with Gasteiger partial charge in [-0.1, -0.05) is 11.8 Å². The molecule has 2 heterocycles. The predicted molar refractivity (Wildman–Crippen MR) is 118 cm³/mol. The fourth-order valence-corrected chi connectivity index (χ4v) is 4.64. The maximum Gasteiger partial charge on any atom is 0.277 e. The third-order valence-corrected chi connectivity index (χ3v) is 6.28. The number of ether oxygens (including phenoxy) is 2. The lowest BCUT2D eigenvalue weighted by Crippen LogP contribution is -2.01. The van der Waals surface area contributed by atoms with Crippen molar-refractivity contribution in [2.24, 2.45) is 0 Å². The summed E-state index contributed by atoms with van der Waals surface area (Å²) in [5.41, 5.74) is 5.08. The Hall–Kier alpha value is -3.33. The molecular formula is C23H21FN4O3S. The molecule has 0 amide bonds. The van der Waals surface area contributed by atoms with Gasteiger partial charge in [-0.05, 0) is 67.3 Å². The summed E-state index contributed by atoms with van der Waals surface area (Å²) in [5.74, 6) is 2.00. The molecule has 0 saturated carbocycles. The average molecular weight is 453 g/mol. The van der Waals surface area contributed by atoms with Crippen molar-refractivity contribution in [1.29, 1.82) is 0 Å². The molecule has 0 saturated heterocycles. The molecule has 1 aliphatic rings. The molecule has 1 aliphatic carbocycles. The van der Waals surface area contributed by atoms with Crippen molar-refractivity contribution in [3.05, 3.63) is 65.2 Å². The monoisotopic (exact) mass is 452 g/mol. The third kappa shape index (κ3) is 3.84. The van der Waals surface area contributed by atoms with Crippen LogP contribution in [0.4, 0.5) is 4.39 Å². The molecule has 0 atom stereocenters. The summed E-state index contributed by atoms with van der Waals surface area (Å²) in [6.45, 7) is 0. The van der Waals surface area contributed by atoms with Crippen molar-refractivity contribution in [3.8, 4) is 28.6 Å². The van der Waals surface area contributed by atoms with Gasteiger partial charge in [-0.25, -0.2) is 9.07 Å². The summed E-state index contributed by atoms with van der Waals surface area (Å²) in [4.78, 5) is 0. The highest BCUT2D eigenvalue weighted by Gasteiger charge is 2.24. The second-order valence-corrected chi connectivity index (χ2v) is 8.27. The molecule has 5 rings (SSSR count). The van der Waals surface area contributed by atoms with Crippen LogP contribution in [-0.2, 0) is 18.6 Å². The van der Waals surface area contributed by atoms with Gasteiger partial charge in [0.25, 0.3) is 5.22 Å². The Bertz CT molecular complexity index is 1250. The van der Waals surface area contributed by atoms with Crippen LogP contribution in [0.2, 0.25) is 0 Å². The van der Waals surface area contributed by atoms with Gasteiger partial charge >= 0.3 is 0 Å². The van der Waals surface area contributed by atoms with E-state index in [2.05, 4.69) is 10.2 Å². The fourth-order valence-electron chi connectivity index (χ4n) is 3.91. The van der Waals surface area contributed by atoms with E-state index in [0.29, 0.717) is 28.4 Å². The zero-order valence-corrected chi connectivity index (χ0v) is 18.5. The molecule has 2 aromatic heterocycles. The van der Waals surface area contributed by atoms with E-state index in [-0.39, 0.29) is 5.82 Å². The van der Waals surface area contributed by atoms with Crippen LogP contribution in [0.25, 0.3) is 17.1 Å². The number of hydrogen-bond donors (Lipinski definition) is 0. The summed E-state index contributed by atoms with van der Waals surface area (Å²) in [6, 6.07) is 11.9. The molecule has 0 N–H and O–H groups in total. The van der Waals surface area contributed by atoms with Crippen molar-refractivity contribution in [3.63, 3.8) is 0 Å². The first-order valence-corrected chi connectivity index (χ1v) is 11.2. The van der Waals surface area contributed by atoms with Gasteiger partial charge in [0.15, 0.2) is 11.5 Å². The highest BCUT2D eigenvalue weighted by molar-refractivity contribution is 7.98. The molecule has 0 bridgehead atoms. The van der Waals surface area contributed by atoms with Gasteiger partial charge in [0.2, 0.25) is 5.89 Å². The van der Waals surface area contributed by atoms with Gasteiger partial charge in [0.05, 0.1) is 25.6 Å². The van der Waals surface area contributed by atoms with Crippen LogP contribution in [-0.4, -0.2) is 34.2 Å². The minimum atomic E-state index is -0.255. The Kier molecular flexibility index (Phi) is 5.57. The van der Waals surface area contributed by atoms with Crippen LogP contribution >= 0.6 is 11.8 Å². The lowest BCUT2D eigenvalue weighted by atomic mass is 10.2. The Balaban J connectivity index is 1.35. The first-order valence-electron chi connectivity index (χ1n) is 10.2. The van der Waals surface area contributed by atoms with E-state index in [9.17, 15) is 4.39 Å². The van der Waals surface area contributed by atoms with Crippen molar-refractivity contribution < 1.29 is 18.3 Å². The Morgan fingerprint density at radius 1 is 1.03 bits per heavy atom. The number of nitrogens with zero attached hydrogens (tertiary/aromatic N) is 4. The molecule has 2 aromatic carbocycles. The van der Waals surface area contributed by atoms with Crippen LogP contribution in [0.3, 0.4) is 0 Å². The Morgan fingerprint density at radius 3 is 2.62 bits per heavy atom. The topological polar surface area (TPSA) is 75.2 Å². The predicted octanol–water partition coefficient (Wildman–Crippen LogP) is 4.86. The minimum absolute atomic E-state index is 0.255. The summed E-state index contributed by atoms with van der Waals surface area (Å²) >= 11 is 1.45. The lowest BCUT2D eigenvalue weighted by Gasteiger charge is -2.07. The van der Waals surface area contributed by atoms with E-state index in [1.54, 1.807) is 38.5 Å². The number of rotatable bonds is 7. The summed E-state index contributed by atoms with van der Waals surface area (Å²) in [5, 5.41) is 13.6. The van der Waals surface area contributed by atoms with Crippen molar-refractivity contribution >= 4 is 11.8 Å². The van der Waals surface area contributed by atoms with Crippen LogP contribution in [0, 0.1) is 5.82 Å². The summed E-state index contributed by atoms with van der Waals surface area (Å²) in [7, 11) is 3.17. The molecule has 0 aliphatic heterocycles. The molecule has 0 radical (unpaired) electrons. The SMILES string of the molecule is COc1ccc(-c2nnc(SCc3nn(-c4ccc(F)cc4)c4c3CCC4)o2)cc1OC. The number of thioether (sulfide) groups is 1. The van der Waals surface area contributed by atoms with Crippen molar-refractivity contribution in [2.75, 3.05) is 14.2 Å². The van der Waals surface area contributed by atoms with E-state index >= 15 is 0 Å². The summed E-state index contributed by atoms with van der Waals surface area (Å²) < 4.78 is 31.7. The number of methoxy groups -OCH3 is 2. The summed E-state index contributed by atoms with van der Waals surface area (Å²) in [6.07, 6.45) is 3.05. The molecular weight excluding hydrogens is 431 g/mol. The molecule has 0 spiro atoms. The van der Waals surface area contributed by atoms with Crippen LogP contribution < -0.4 is 9.47 Å². The van der Waals surface area contributed by atoms with E-state index in [0.717, 1.165) is 36.2 Å². The van der Waals surface area contributed by atoms with E-state index < -0.39 is 0 Å². The lowest BCUT2D eigenvalue weighted by molar-refractivity contribution is 0.355. The van der Waals surface area contributed by atoms with Gasteiger partial charge in [0.1, 0.15) is 5.82 Å². The second kappa shape index (κ2) is 8.66. The van der Waals surface area contributed by atoms with Gasteiger partial charge < -0.3 is 13.9 Å². The van der Waals surface area contributed by atoms with E-state index in [1.165, 1.54) is 35.2 Å². The van der Waals surface area contributed by atoms with Gasteiger partial charge in [-0.15, -0.1) is 10.2 Å². The molecule has 164 valence electrons. The maximum atomic E-state index is 13.3. The smallest absolute Gasteiger partial charge is 0.277 e. The number of benzene rings is 2. The number of fused-ring (bicyclic) bond motifs is 1. The number of halogens is 1. The quantitative estimate of drug-likeness (QED) is 0.371. The van der Waals surface area contributed by atoms with Crippen LogP contribution in [0.5, 0.6) is 11.5 Å². The third-order valence-electron chi connectivity index (χ3n) is 5.45. The fraction of sp³-hybridized carbons (Fsp3) is 0.261. The number of hydrogen-bond acceptors (Lipinski definition) is 7. The van der Waals surface area contributed by atoms with Gasteiger partial charge in [-0.3, -0.25) is 0 Å². The zero-order valence-electron chi connectivity index (χ0n) is 17.7. The molecule has 9 heteroatoms. The second-order valence-electron chi connectivity index (χ2n) is 7.35. The Labute approximate surface area is 188 Å². The highest BCUT2D eigenvalue weighted by Crippen LogP contribution is 2.34. The number of aromatic nitrogens is 4. The van der Waals surface area contributed by atoms with E-state index in [1.807, 2.05) is 10.7 Å². The largest absolute Gasteiger partial charge is 0.493 e. The highest BCUT2D eigenvalue weighted by atomic mass is 32.2. The maximum absolute atomic E-state index is 13.3. The van der Waals surface area contributed by atoms with Crippen molar-refractivity contribution in [1.82, 2.24) is 20.0 Å². The van der Waals surface area contributed by atoms with E-state index in [4.69, 9.17) is 19.0 Å². The van der Waals surface area contributed by atoms with Gasteiger partial charge in [-0.2, -0.15) is 5.10 Å². The molecule has 32 heavy (non-hydrogen) atoms. The zero-order chi connectivity index (χ0) is 22.1. The Morgan fingerprint density at radius 2 is 1.84 bits per heavy atom. The van der Waals surface area contributed by atoms with Crippen LogP contribution in [0.1, 0.15) is 23.4 Å². The standard InChI is InChI=1S/C23H21FN4O3S/c1-29-20-11-6-14(12-21(20)30-2)22-25-26-23(31-22)32-13-18-17-4-3-5-19(17)28(27-18)16-9-7-15(24)8-10-16/h6-12H,3-5,13H2,1-2H3. The molecule has 7 nitrogen and oxygen atoms in total. The molecule has 4 aromatic rings. The van der Waals surface area contributed by atoms with Crippen molar-refractivity contribution in [2.45, 2.75) is 30.2 Å².